The molecule has 0 spiro atoms. The van der Waals surface area contributed by atoms with Crippen molar-refractivity contribution in [1.29, 1.82) is 0 Å². The minimum Gasteiger partial charge on any atom is -0.360 e. The summed E-state index contributed by atoms with van der Waals surface area (Å²) in [5.74, 6) is -0.477. The van der Waals surface area contributed by atoms with Crippen LogP contribution in [-0.4, -0.2) is 31.6 Å². The van der Waals surface area contributed by atoms with E-state index in [1.807, 2.05) is 43.3 Å². The highest BCUT2D eigenvalue weighted by molar-refractivity contribution is 6.12. The number of hydrogen-bond acceptors (Lipinski definition) is 4. The summed E-state index contributed by atoms with van der Waals surface area (Å²) < 4.78 is 1.61. The highest BCUT2D eigenvalue weighted by atomic mass is 16.2. The van der Waals surface area contributed by atoms with Crippen molar-refractivity contribution in [3.8, 4) is 5.69 Å². The zero-order chi connectivity index (χ0) is 22.8. The molecule has 3 N–H and O–H groups in total. The Morgan fingerprint density at radius 3 is 2.61 bits per heavy atom. The lowest BCUT2D eigenvalue weighted by Gasteiger charge is -2.07. The number of aromatic amines is 1. The largest absolute Gasteiger partial charge is 0.360 e. The van der Waals surface area contributed by atoms with E-state index in [0.29, 0.717) is 28.2 Å². The second-order valence-corrected chi connectivity index (χ2v) is 7.57. The van der Waals surface area contributed by atoms with E-state index >= 15 is 0 Å². The summed E-state index contributed by atoms with van der Waals surface area (Å²) in [6.45, 7) is 1.89. The Balaban J connectivity index is 1.32. The van der Waals surface area contributed by atoms with Crippen LogP contribution >= 0.6 is 0 Å². The Morgan fingerprint density at radius 1 is 0.909 bits per heavy atom. The first kappa shape index (κ1) is 20.2. The third-order valence-electron chi connectivity index (χ3n) is 5.22. The minimum atomic E-state index is -0.248. The van der Waals surface area contributed by atoms with Crippen LogP contribution in [0.15, 0.2) is 85.5 Å². The molecule has 3 aromatic heterocycles. The maximum Gasteiger partial charge on any atom is 0.257 e. The average Bonchev–Trinajstić information content (AvgIpc) is 3.48. The molecule has 2 aromatic carbocycles. The molecule has 0 saturated heterocycles. The Kier molecular flexibility index (Phi) is 5.16. The standard InChI is InChI=1S/C25H20N6O2/c1-16-9-10-18(12-26-16)29-24(32)17-5-4-6-20(11-17)31-15-19(13-28-31)30-25(33)22-14-27-23-8-3-2-7-21(22)23/h2-15,27H,1H3,(H,29,32)(H,30,33). The van der Waals surface area contributed by atoms with Crippen molar-refractivity contribution in [3.05, 3.63) is 102 Å². The number of H-pyrrole nitrogens is 1. The third kappa shape index (κ3) is 4.22. The number of anilines is 2. The van der Waals surface area contributed by atoms with Crippen LogP contribution in [0.1, 0.15) is 26.4 Å². The molecule has 0 saturated carbocycles. The molecule has 5 rings (SSSR count). The van der Waals surface area contributed by atoms with Crippen LogP contribution in [0.2, 0.25) is 0 Å². The van der Waals surface area contributed by atoms with E-state index < -0.39 is 0 Å². The highest BCUT2D eigenvalue weighted by Crippen LogP contribution is 2.20. The van der Waals surface area contributed by atoms with Gasteiger partial charge in [0.15, 0.2) is 0 Å². The minimum absolute atomic E-state index is 0.230. The Bertz CT molecular complexity index is 1470. The number of amides is 2. The molecule has 0 aliphatic heterocycles. The summed E-state index contributed by atoms with van der Waals surface area (Å²) in [5.41, 5.74) is 4.67. The number of hydrogen-bond donors (Lipinski definition) is 3. The van der Waals surface area contributed by atoms with E-state index in [1.54, 1.807) is 53.7 Å². The van der Waals surface area contributed by atoms with Crippen LogP contribution in [0.4, 0.5) is 11.4 Å². The van der Waals surface area contributed by atoms with Crippen molar-refractivity contribution >= 4 is 34.1 Å². The average molecular weight is 436 g/mol. The molecular weight excluding hydrogens is 416 g/mol. The van der Waals surface area contributed by atoms with E-state index in [2.05, 4.69) is 25.7 Å². The topological polar surface area (TPSA) is 105 Å². The number of carbonyl (C=O) groups is 2. The molecule has 0 atom stereocenters. The lowest BCUT2D eigenvalue weighted by Crippen LogP contribution is -2.12. The lowest BCUT2D eigenvalue weighted by atomic mass is 10.1. The second-order valence-electron chi connectivity index (χ2n) is 7.57. The van der Waals surface area contributed by atoms with Gasteiger partial charge in [-0.25, -0.2) is 4.68 Å². The molecule has 5 aromatic rings. The van der Waals surface area contributed by atoms with Gasteiger partial charge in [-0.15, -0.1) is 0 Å². The monoisotopic (exact) mass is 436 g/mol. The molecule has 8 nitrogen and oxygen atoms in total. The highest BCUT2D eigenvalue weighted by Gasteiger charge is 2.13. The number of nitrogens with zero attached hydrogens (tertiary/aromatic N) is 3. The fourth-order valence-corrected chi connectivity index (χ4v) is 3.52. The number of para-hydroxylation sites is 1. The molecule has 0 bridgehead atoms. The zero-order valence-electron chi connectivity index (χ0n) is 17.7. The zero-order valence-corrected chi connectivity index (χ0v) is 17.7. The predicted molar refractivity (Wildman–Crippen MR) is 127 cm³/mol. The predicted octanol–water partition coefficient (Wildman–Crippen LogP) is 4.56. The van der Waals surface area contributed by atoms with Crippen molar-refractivity contribution in [2.45, 2.75) is 6.92 Å². The van der Waals surface area contributed by atoms with E-state index in [4.69, 9.17) is 0 Å². The van der Waals surface area contributed by atoms with E-state index in [9.17, 15) is 9.59 Å². The summed E-state index contributed by atoms with van der Waals surface area (Å²) in [6, 6.07) is 18.3. The molecule has 8 heteroatoms. The Hall–Kier alpha value is -4.72. The van der Waals surface area contributed by atoms with Crippen molar-refractivity contribution in [3.63, 3.8) is 0 Å². The van der Waals surface area contributed by atoms with Gasteiger partial charge in [-0.05, 0) is 43.3 Å². The van der Waals surface area contributed by atoms with Gasteiger partial charge in [0.25, 0.3) is 11.8 Å². The first-order valence-corrected chi connectivity index (χ1v) is 10.3. The second kappa shape index (κ2) is 8.43. The van der Waals surface area contributed by atoms with Crippen molar-refractivity contribution in [2.24, 2.45) is 0 Å². The maximum absolute atomic E-state index is 12.7. The van der Waals surface area contributed by atoms with Crippen molar-refractivity contribution in [1.82, 2.24) is 19.7 Å². The smallest absolute Gasteiger partial charge is 0.257 e. The number of pyridine rings is 1. The van der Waals surface area contributed by atoms with Gasteiger partial charge in [0.1, 0.15) is 0 Å². The van der Waals surface area contributed by atoms with Crippen LogP contribution in [0.5, 0.6) is 0 Å². The summed E-state index contributed by atoms with van der Waals surface area (Å²) >= 11 is 0. The fraction of sp³-hybridized carbons (Fsp3) is 0.0400. The maximum atomic E-state index is 12.7. The van der Waals surface area contributed by atoms with Gasteiger partial charge in [0.2, 0.25) is 0 Å². The van der Waals surface area contributed by atoms with Crippen LogP contribution in [0, 0.1) is 6.92 Å². The molecule has 0 radical (unpaired) electrons. The van der Waals surface area contributed by atoms with Gasteiger partial charge in [0.05, 0.1) is 41.2 Å². The summed E-state index contributed by atoms with van der Waals surface area (Å²) in [4.78, 5) is 32.7. The molecule has 162 valence electrons. The molecule has 0 aliphatic carbocycles. The number of nitrogens with one attached hydrogen (secondary N) is 3. The van der Waals surface area contributed by atoms with E-state index in [0.717, 1.165) is 16.6 Å². The van der Waals surface area contributed by atoms with E-state index in [-0.39, 0.29) is 11.8 Å². The molecule has 33 heavy (non-hydrogen) atoms. The first-order valence-electron chi connectivity index (χ1n) is 10.3. The van der Waals surface area contributed by atoms with Crippen LogP contribution < -0.4 is 10.6 Å². The van der Waals surface area contributed by atoms with Gasteiger partial charge in [-0.3, -0.25) is 14.6 Å². The SMILES string of the molecule is Cc1ccc(NC(=O)c2cccc(-n3cc(NC(=O)c4c[nH]c5ccccc45)cn3)c2)cn1. The van der Waals surface area contributed by atoms with Gasteiger partial charge in [-0.2, -0.15) is 5.10 Å². The number of rotatable bonds is 5. The first-order chi connectivity index (χ1) is 16.1. The number of fused-ring (bicyclic) bond motifs is 1. The molecule has 0 aliphatic rings. The molecule has 0 fully saturated rings. The van der Waals surface area contributed by atoms with Crippen LogP contribution in [0.25, 0.3) is 16.6 Å². The fourth-order valence-electron chi connectivity index (χ4n) is 3.52. The Labute approximate surface area is 189 Å². The number of benzene rings is 2. The van der Waals surface area contributed by atoms with Gasteiger partial charge < -0.3 is 15.6 Å². The van der Waals surface area contributed by atoms with Gasteiger partial charge in [0, 0.05) is 28.4 Å². The number of aryl methyl sites for hydroxylation is 1. The van der Waals surface area contributed by atoms with Gasteiger partial charge in [-0.1, -0.05) is 24.3 Å². The summed E-state index contributed by atoms with van der Waals surface area (Å²) in [5, 5.41) is 10.9. The number of carbonyl (C=O) groups excluding carboxylic acids is 2. The van der Waals surface area contributed by atoms with Crippen LogP contribution in [-0.2, 0) is 0 Å². The molecular formula is C25H20N6O2. The third-order valence-corrected chi connectivity index (χ3v) is 5.22. The molecule has 2 amide bonds. The van der Waals surface area contributed by atoms with Crippen molar-refractivity contribution < 1.29 is 9.59 Å². The Morgan fingerprint density at radius 2 is 1.76 bits per heavy atom. The van der Waals surface area contributed by atoms with Crippen molar-refractivity contribution in [2.75, 3.05) is 10.6 Å². The molecule has 0 unspecified atom stereocenters. The molecule has 3 heterocycles. The summed E-state index contributed by atoms with van der Waals surface area (Å²) in [6.07, 6.45) is 6.58. The normalized spacial score (nSPS) is 10.8. The quantitative estimate of drug-likeness (QED) is 0.376. The number of aromatic nitrogens is 4. The summed E-state index contributed by atoms with van der Waals surface area (Å²) in [7, 11) is 0. The van der Waals surface area contributed by atoms with Crippen LogP contribution in [0.3, 0.4) is 0 Å². The van der Waals surface area contributed by atoms with E-state index in [1.165, 1.54) is 0 Å². The lowest BCUT2D eigenvalue weighted by molar-refractivity contribution is 0.101. The van der Waals surface area contributed by atoms with Gasteiger partial charge >= 0.3 is 0 Å².